The fourth-order valence-corrected chi connectivity index (χ4v) is 3.96. The molecule has 2 aromatic carbocycles. The number of aliphatic hydroxyl groups is 2. The molecule has 0 saturated heterocycles. The minimum atomic E-state index is -3.63. The van der Waals surface area contributed by atoms with E-state index in [1.165, 1.54) is 31.0 Å². The standard InChI is InChI=1S/C22H28N6O4S/c1-14-5-7-17(8-6-14)13-27-22(23)21(12-24-27)25-19-10-9-18(28(15(2)29)16(3)30)11-20(19)26-33(4,31)32/h5-12,15-16,29-30H,13H2,1-4H3,(H2,23,24,26)/p+1. The molecule has 0 bridgehead atoms. The normalized spacial score (nSPS) is 16.8. The van der Waals surface area contributed by atoms with E-state index >= 15 is 0 Å². The maximum absolute atomic E-state index is 11.9. The van der Waals surface area contributed by atoms with Gasteiger partial charge in [0.15, 0.2) is 5.71 Å². The summed E-state index contributed by atoms with van der Waals surface area (Å²) in [7, 11) is -3.63. The van der Waals surface area contributed by atoms with Gasteiger partial charge in [0.2, 0.25) is 10.0 Å². The summed E-state index contributed by atoms with van der Waals surface area (Å²) < 4.78 is 27.9. The number of anilines is 2. The van der Waals surface area contributed by atoms with Crippen LogP contribution in [0.15, 0.2) is 52.6 Å². The van der Waals surface area contributed by atoms with Crippen LogP contribution in [0.1, 0.15) is 25.0 Å². The van der Waals surface area contributed by atoms with E-state index in [2.05, 4.69) is 14.8 Å². The molecule has 0 saturated carbocycles. The van der Waals surface area contributed by atoms with Gasteiger partial charge in [0, 0.05) is 5.69 Å². The van der Waals surface area contributed by atoms with Crippen molar-refractivity contribution in [3.05, 3.63) is 53.6 Å². The molecule has 10 nitrogen and oxygen atoms in total. The molecular weight excluding hydrogens is 444 g/mol. The van der Waals surface area contributed by atoms with Crippen LogP contribution in [0.25, 0.3) is 0 Å². The topological polar surface area (TPSA) is 144 Å². The maximum Gasteiger partial charge on any atom is 0.321 e. The Balaban J connectivity index is 1.98. The fraction of sp³-hybridized carbons (Fsp3) is 0.318. The largest absolute Gasteiger partial charge is 0.374 e. The first-order chi connectivity index (χ1) is 15.4. The lowest BCUT2D eigenvalue weighted by atomic mass is 10.1. The minimum absolute atomic E-state index is 0.173. The highest BCUT2D eigenvalue weighted by Crippen LogP contribution is 2.32. The zero-order valence-electron chi connectivity index (χ0n) is 19.0. The molecule has 1 aliphatic heterocycles. The summed E-state index contributed by atoms with van der Waals surface area (Å²) in [6.07, 6.45) is 0.530. The number of nitrogens with one attached hydrogen (secondary N) is 1. The Morgan fingerprint density at radius 2 is 1.79 bits per heavy atom. The molecule has 0 fully saturated rings. The predicted molar refractivity (Wildman–Crippen MR) is 131 cm³/mol. The number of nitrogens with two attached hydrogens (primary N) is 1. The highest BCUT2D eigenvalue weighted by molar-refractivity contribution is 7.92. The molecule has 33 heavy (non-hydrogen) atoms. The highest BCUT2D eigenvalue weighted by atomic mass is 32.2. The van der Waals surface area contributed by atoms with Gasteiger partial charge in [0.05, 0.1) is 17.6 Å². The van der Waals surface area contributed by atoms with Gasteiger partial charge in [-0.05, 0) is 44.5 Å². The third-order valence-electron chi connectivity index (χ3n) is 4.93. The second kappa shape index (κ2) is 9.69. The number of hydrogen-bond acceptors (Lipinski definition) is 8. The second-order valence-electron chi connectivity index (χ2n) is 7.92. The van der Waals surface area contributed by atoms with Crippen LogP contribution in [-0.4, -0.2) is 59.8 Å². The smallest absolute Gasteiger partial charge is 0.321 e. The lowest BCUT2D eigenvalue weighted by Crippen LogP contribution is -2.40. The van der Waals surface area contributed by atoms with Gasteiger partial charge < -0.3 is 15.1 Å². The summed E-state index contributed by atoms with van der Waals surface area (Å²) in [4.78, 5) is 5.84. The summed E-state index contributed by atoms with van der Waals surface area (Å²) in [5.74, 6) is 0.333. The first-order valence-electron chi connectivity index (χ1n) is 10.3. The molecule has 2 aromatic rings. The Labute approximate surface area is 193 Å². The molecule has 2 unspecified atom stereocenters. The van der Waals surface area contributed by atoms with Crippen LogP contribution >= 0.6 is 0 Å². The number of amidine groups is 1. The molecule has 0 spiro atoms. The van der Waals surface area contributed by atoms with Gasteiger partial charge >= 0.3 is 5.84 Å². The first-order valence-corrected chi connectivity index (χ1v) is 12.2. The van der Waals surface area contributed by atoms with Gasteiger partial charge in [-0.25, -0.2) is 13.4 Å². The van der Waals surface area contributed by atoms with Crippen molar-refractivity contribution < 1.29 is 23.3 Å². The quantitative estimate of drug-likeness (QED) is 0.338. The van der Waals surface area contributed by atoms with Gasteiger partial charge in [-0.1, -0.05) is 34.9 Å². The third kappa shape index (κ3) is 6.15. The summed E-state index contributed by atoms with van der Waals surface area (Å²) in [5, 5.41) is 24.3. The number of aliphatic hydroxyl groups excluding tert-OH is 2. The average molecular weight is 474 g/mol. The number of aryl methyl sites for hydroxylation is 1. The number of sulfonamides is 1. The second-order valence-corrected chi connectivity index (χ2v) is 9.67. The molecule has 1 aliphatic rings. The summed E-state index contributed by atoms with van der Waals surface area (Å²) >= 11 is 0. The molecular formula is C22H29N6O4S+. The van der Waals surface area contributed by atoms with E-state index in [9.17, 15) is 18.6 Å². The van der Waals surface area contributed by atoms with Gasteiger partial charge in [-0.15, -0.1) is 4.68 Å². The van der Waals surface area contributed by atoms with Crippen molar-refractivity contribution in [1.82, 2.24) is 0 Å². The van der Waals surface area contributed by atoms with Crippen LogP contribution in [0, 0.1) is 6.92 Å². The number of rotatable bonds is 8. The van der Waals surface area contributed by atoms with E-state index in [4.69, 9.17) is 5.73 Å². The monoisotopic (exact) mass is 473 g/mol. The van der Waals surface area contributed by atoms with Gasteiger partial charge in [-0.2, -0.15) is 0 Å². The lowest BCUT2D eigenvalue weighted by Gasteiger charge is -2.31. The number of hydrazone groups is 1. The van der Waals surface area contributed by atoms with Crippen LogP contribution in [0.2, 0.25) is 0 Å². The van der Waals surface area contributed by atoms with Gasteiger partial charge in [-0.3, -0.25) is 10.5 Å². The SMILES string of the molecule is Cc1ccc(C[N+]2=C(N)C(=Nc3ccc(N(C(C)O)C(C)O)cc3NS(C)(=O)=O)C=N2)cc1. The van der Waals surface area contributed by atoms with Crippen molar-refractivity contribution in [2.75, 3.05) is 15.9 Å². The summed E-state index contributed by atoms with van der Waals surface area (Å²) in [6.45, 7) is 5.47. The molecule has 0 aliphatic carbocycles. The van der Waals surface area contributed by atoms with Crippen molar-refractivity contribution in [2.24, 2.45) is 15.8 Å². The van der Waals surface area contributed by atoms with Crippen molar-refractivity contribution in [3.8, 4) is 0 Å². The van der Waals surface area contributed by atoms with Crippen molar-refractivity contribution >= 4 is 44.8 Å². The summed E-state index contributed by atoms with van der Waals surface area (Å²) in [5.41, 5.74) is 9.72. The van der Waals surface area contributed by atoms with Crippen molar-refractivity contribution in [3.63, 3.8) is 0 Å². The van der Waals surface area contributed by atoms with Gasteiger partial charge in [0.25, 0.3) is 0 Å². The lowest BCUT2D eigenvalue weighted by molar-refractivity contribution is -0.546. The Hall–Kier alpha value is -3.28. The first kappa shape index (κ1) is 24.4. The fourth-order valence-electron chi connectivity index (χ4n) is 3.40. The highest BCUT2D eigenvalue weighted by Gasteiger charge is 2.24. The van der Waals surface area contributed by atoms with Crippen molar-refractivity contribution in [1.29, 1.82) is 0 Å². The molecule has 1 heterocycles. The van der Waals surface area contributed by atoms with Crippen LogP contribution < -0.4 is 15.4 Å². The number of nitrogens with zero attached hydrogens (tertiary/aromatic N) is 4. The molecule has 11 heteroatoms. The summed E-state index contributed by atoms with van der Waals surface area (Å²) in [6, 6.07) is 12.7. The number of benzene rings is 2. The molecule has 2 atom stereocenters. The number of hydrogen-bond donors (Lipinski definition) is 4. The molecule has 5 N–H and O–H groups in total. The van der Waals surface area contributed by atoms with E-state index < -0.39 is 22.5 Å². The molecule has 0 aromatic heterocycles. The average Bonchev–Trinajstić information content (AvgIpc) is 3.03. The predicted octanol–water partition coefficient (Wildman–Crippen LogP) is 1.49. The van der Waals surface area contributed by atoms with E-state index in [0.717, 1.165) is 17.4 Å². The zero-order valence-corrected chi connectivity index (χ0v) is 19.8. The van der Waals surface area contributed by atoms with E-state index in [1.807, 2.05) is 31.2 Å². The van der Waals surface area contributed by atoms with Crippen molar-refractivity contribution in [2.45, 2.75) is 39.8 Å². The van der Waals surface area contributed by atoms with Crippen LogP contribution in [-0.2, 0) is 16.6 Å². The maximum atomic E-state index is 11.9. The number of aliphatic imine (C=N–C) groups is 1. The van der Waals surface area contributed by atoms with E-state index in [0.29, 0.717) is 29.5 Å². The van der Waals surface area contributed by atoms with Crippen LogP contribution in [0.3, 0.4) is 0 Å². The third-order valence-corrected chi connectivity index (χ3v) is 5.52. The van der Waals surface area contributed by atoms with Gasteiger partial charge in [0.1, 0.15) is 25.2 Å². The minimum Gasteiger partial charge on any atom is -0.374 e. The van der Waals surface area contributed by atoms with Crippen LogP contribution in [0.5, 0.6) is 0 Å². The molecule has 0 amide bonds. The zero-order chi connectivity index (χ0) is 24.3. The molecule has 0 radical (unpaired) electrons. The Bertz CT molecular complexity index is 1210. The Kier molecular flexibility index (Phi) is 7.15. The van der Waals surface area contributed by atoms with E-state index in [-0.39, 0.29) is 5.69 Å². The molecule has 176 valence electrons. The van der Waals surface area contributed by atoms with Crippen LogP contribution in [0.4, 0.5) is 17.1 Å². The Morgan fingerprint density at radius 1 is 1.15 bits per heavy atom. The molecule has 3 rings (SSSR count). The van der Waals surface area contributed by atoms with E-state index in [1.54, 1.807) is 16.8 Å². The Morgan fingerprint density at radius 3 is 2.36 bits per heavy atom.